The van der Waals surface area contributed by atoms with Gasteiger partial charge in [-0.05, 0) is 18.2 Å². The molecule has 7 N–H and O–H groups in total. The van der Waals surface area contributed by atoms with Gasteiger partial charge in [-0.1, -0.05) is 12.1 Å². The van der Waals surface area contributed by atoms with Crippen molar-refractivity contribution in [2.75, 3.05) is 24.2 Å². The average Bonchev–Trinajstić information content (AvgIpc) is 3.02. The van der Waals surface area contributed by atoms with E-state index in [0.717, 1.165) is 4.57 Å². The van der Waals surface area contributed by atoms with Crippen molar-refractivity contribution in [2.24, 2.45) is 0 Å². The Balaban J connectivity index is 1.54. The van der Waals surface area contributed by atoms with Crippen molar-refractivity contribution < 1.29 is 29.6 Å². The molecule has 2 amide bonds. The Hall–Kier alpha value is -3.32. The molecular weight excluding hydrogens is 410 g/mol. The second-order valence-corrected chi connectivity index (χ2v) is 6.87. The molecule has 0 bridgehead atoms. The number of nitrogens with two attached hydrogens (primary N) is 1. The van der Waals surface area contributed by atoms with Gasteiger partial charge in [0.25, 0.3) is 5.91 Å². The predicted octanol–water partition coefficient (Wildman–Crippen LogP) is -1.80. The molecular formula is C19H23N5O7. The molecule has 1 saturated heterocycles. The molecule has 1 fully saturated rings. The minimum atomic E-state index is -1.43. The van der Waals surface area contributed by atoms with E-state index in [2.05, 4.69) is 15.6 Å². The summed E-state index contributed by atoms with van der Waals surface area (Å²) in [5, 5.41) is 34.0. The lowest BCUT2D eigenvalue weighted by atomic mass is 10.1. The van der Waals surface area contributed by atoms with Gasteiger partial charge in [-0.15, -0.1) is 0 Å². The van der Waals surface area contributed by atoms with E-state index in [0.29, 0.717) is 11.3 Å². The Morgan fingerprint density at radius 1 is 1.19 bits per heavy atom. The van der Waals surface area contributed by atoms with E-state index in [-0.39, 0.29) is 18.8 Å². The number of carbonyl (C=O) groups is 2. The first-order valence-corrected chi connectivity index (χ1v) is 9.46. The van der Waals surface area contributed by atoms with E-state index in [4.69, 9.17) is 15.6 Å². The zero-order valence-corrected chi connectivity index (χ0v) is 16.3. The van der Waals surface area contributed by atoms with Gasteiger partial charge in [0, 0.05) is 24.8 Å². The number of hydrogen-bond acceptors (Lipinski definition) is 9. The molecule has 4 atom stereocenters. The Labute approximate surface area is 176 Å². The zero-order chi connectivity index (χ0) is 22.5. The second-order valence-electron chi connectivity index (χ2n) is 6.87. The number of benzene rings is 1. The Kier molecular flexibility index (Phi) is 6.97. The average molecular weight is 433 g/mol. The van der Waals surface area contributed by atoms with E-state index in [1.165, 1.54) is 12.3 Å². The van der Waals surface area contributed by atoms with Crippen molar-refractivity contribution in [3.8, 4) is 0 Å². The number of nitrogens with zero attached hydrogens (tertiary/aromatic N) is 2. The Morgan fingerprint density at radius 3 is 2.58 bits per heavy atom. The third-order valence-corrected chi connectivity index (χ3v) is 4.73. The molecule has 12 nitrogen and oxygen atoms in total. The SMILES string of the molecule is Nc1ccccc1C(=O)NCCC(=O)Nc1ccn([C@@H]2O[C@H](CO)[C@@H](O)[C@@H]2O)c(=O)n1. The lowest BCUT2D eigenvalue weighted by molar-refractivity contribution is -0.116. The van der Waals surface area contributed by atoms with Crippen molar-refractivity contribution in [3.05, 3.63) is 52.6 Å². The number of para-hydroxylation sites is 1. The highest BCUT2D eigenvalue weighted by atomic mass is 16.6. The van der Waals surface area contributed by atoms with Crippen molar-refractivity contribution >= 4 is 23.3 Å². The van der Waals surface area contributed by atoms with Crippen LogP contribution in [0.5, 0.6) is 0 Å². The molecule has 1 aliphatic heterocycles. The monoisotopic (exact) mass is 433 g/mol. The number of hydrogen-bond donors (Lipinski definition) is 6. The number of aliphatic hydroxyl groups is 3. The largest absolute Gasteiger partial charge is 0.398 e. The van der Waals surface area contributed by atoms with Crippen LogP contribution in [-0.2, 0) is 9.53 Å². The first kappa shape index (κ1) is 22.4. The first-order valence-electron chi connectivity index (χ1n) is 9.46. The number of aromatic nitrogens is 2. The third kappa shape index (κ3) is 5.06. The van der Waals surface area contributed by atoms with Gasteiger partial charge in [0.05, 0.1) is 12.2 Å². The van der Waals surface area contributed by atoms with Gasteiger partial charge < -0.3 is 36.4 Å². The van der Waals surface area contributed by atoms with E-state index < -0.39 is 48.7 Å². The van der Waals surface area contributed by atoms with Crippen LogP contribution in [0.3, 0.4) is 0 Å². The topological polar surface area (TPSA) is 189 Å². The van der Waals surface area contributed by atoms with E-state index in [1.54, 1.807) is 24.3 Å². The summed E-state index contributed by atoms with van der Waals surface area (Å²) in [5.74, 6) is -0.930. The number of anilines is 2. The molecule has 31 heavy (non-hydrogen) atoms. The summed E-state index contributed by atoms with van der Waals surface area (Å²) in [7, 11) is 0. The van der Waals surface area contributed by atoms with Crippen LogP contribution in [0.25, 0.3) is 0 Å². The van der Waals surface area contributed by atoms with Crippen LogP contribution < -0.4 is 22.1 Å². The van der Waals surface area contributed by atoms with Crippen LogP contribution in [0.2, 0.25) is 0 Å². The van der Waals surface area contributed by atoms with Gasteiger partial charge >= 0.3 is 5.69 Å². The number of amides is 2. The number of rotatable bonds is 7. The number of nitrogen functional groups attached to an aromatic ring is 1. The summed E-state index contributed by atoms with van der Waals surface area (Å²) >= 11 is 0. The summed E-state index contributed by atoms with van der Waals surface area (Å²) in [6, 6.07) is 7.85. The van der Waals surface area contributed by atoms with Gasteiger partial charge in [-0.2, -0.15) is 4.98 Å². The zero-order valence-electron chi connectivity index (χ0n) is 16.3. The van der Waals surface area contributed by atoms with Gasteiger partial charge in [-0.25, -0.2) is 4.79 Å². The molecule has 166 valence electrons. The normalized spacial score (nSPS) is 22.8. The fourth-order valence-corrected chi connectivity index (χ4v) is 3.08. The summed E-state index contributed by atoms with van der Waals surface area (Å²) in [6.07, 6.45) is -3.88. The van der Waals surface area contributed by atoms with Crippen LogP contribution in [0.1, 0.15) is 23.0 Å². The van der Waals surface area contributed by atoms with Crippen LogP contribution in [0.15, 0.2) is 41.3 Å². The van der Waals surface area contributed by atoms with Crippen LogP contribution in [0, 0.1) is 0 Å². The maximum absolute atomic E-state index is 12.2. The standard InChI is InChI=1S/C19H23N5O7/c20-11-4-2-1-3-10(11)17(29)21-7-5-14(26)22-13-6-8-24(19(30)23-13)18-16(28)15(27)12(9-25)31-18/h1-4,6,8,12,15-16,18,25,27-28H,5,7,9,20H2,(H,21,29)(H,22,23,26,30)/t12-,15-,16+,18-/m1/s1. The van der Waals surface area contributed by atoms with Gasteiger partial charge in [0.2, 0.25) is 5.91 Å². The molecule has 0 unspecified atom stereocenters. The molecule has 0 spiro atoms. The molecule has 0 aliphatic carbocycles. The lowest BCUT2D eigenvalue weighted by Crippen LogP contribution is -2.36. The molecule has 1 aliphatic rings. The van der Waals surface area contributed by atoms with Crippen molar-refractivity contribution in [3.63, 3.8) is 0 Å². The minimum Gasteiger partial charge on any atom is -0.398 e. The Morgan fingerprint density at radius 2 is 1.94 bits per heavy atom. The molecule has 2 aromatic rings. The van der Waals surface area contributed by atoms with Crippen molar-refractivity contribution in [1.29, 1.82) is 0 Å². The fourth-order valence-electron chi connectivity index (χ4n) is 3.08. The van der Waals surface area contributed by atoms with E-state index >= 15 is 0 Å². The number of nitrogens with one attached hydrogen (secondary N) is 2. The summed E-state index contributed by atoms with van der Waals surface area (Å²) < 4.78 is 6.23. The lowest BCUT2D eigenvalue weighted by Gasteiger charge is -2.17. The summed E-state index contributed by atoms with van der Waals surface area (Å²) in [6.45, 7) is -0.489. The molecule has 0 saturated carbocycles. The van der Waals surface area contributed by atoms with Crippen LogP contribution in [-0.4, -0.2) is 68.1 Å². The molecule has 12 heteroatoms. The smallest absolute Gasteiger partial charge is 0.351 e. The van der Waals surface area contributed by atoms with E-state index in [1.807, 2.05) is 0 Å². The molecule has 1 aromatic carbocycles. The summed E-state index contributed by atoms with van der Waals surface area (Å²) in [5.41, 5.74) is 5.52. The third-order valence-electron chi connectivity index (χ3n) is 4.73. The Bertz CT molecular complexity index is 1010. The molecule has 0 radical (unpaired) electrons. The highest BCUT2D eigenvalue weighted by Gasteiger charge is 2.43. The van der Waals surface area contributed by atoms with Crippen molar-refractivity contribution in [2.45, 2.75) is 31.0 Å². The quantitative estimate of drug-likeness (QED) is 0.274. The number of ether oxygens (including phenoxy) is 1. The second kappa shape index (κ2) is 9.66. The molecule has 1 aromatic heterocycles. The predicted molar refractivity (Wildman–Crippen MR) is 108 cm³/mol. The van der Waals surface area contributed by atoms with Gasteiger partial charge in [0.1, 0.15) is 24.1 Å². The highest BCUT2D eigenvalue weighted by Crippen LogP contribution is 2.28. The number of carbonyl (C=O) groups excluding carboxylic acids is 2. The minimum absolute atomic E-state index is 0.0309. The maximum Gasteiger partial charge on any atom is 0.351 e. The van der Waals surface area contributed by atoms with Gasteiger partial charge in [0.15, 0.2) is 6.23 Å². The van der Waals surface area contributed by atoms with Gasteiger partial charge in [-0.3, -0.25) is 14.2 Å². The molecule has 3 rings (SSSR count). The van der Waals surface area contributed by atoms with Crippen LogP contribution in [0.4, 0.5) is 11.5 Å². The molecule has 2 heterocycles. The summed E-state index contributed by atoms with van der Waals surface area (Å²) in [4.78, 5) is 40.1. The highest BCUT2D eigenvalue weighted by molar-refractivity contribution is 5.99. The van der Waals surface area contributed by atoms with E-state index in [9.17, 15) is 24.6 Å². The van der Waals surface area contributed by atoms with Crippen LogP contribution >= 0.6 is 0 Å². The number of aliphatic hydroxyl groups excluding tert-OH is 3. The first-order chi connectivity index (χ1) is 14.8. The fraction of sp³-hybridized carbons (Fsp3) is 0.368. The maximum atomic E-state index is 12.2. The van der Waals surface area contributed by atoms with Crippen molar-refractivity contribution in [1.82, 2.24) is 14.9 Å².